The lowest BCUT2D eigenvalue weighted by Crippen LogP contribution is -2.39. The Labute approximate surface area is 181 Å². The Morgan fingerprint density at radius 1 is 1.29 bits per heavy atom. The highest BCUT2D eigenvalue weighted by Gasteiger charge is 2.54. The van der Waals surface area contributed by atoms with E-state index in [1.807, 2.05) is 0 Å². The van der Waals surface area contributed by atoms with Crippen molar-refractivity contribution in [3.63, 3.8) is 0 Å². The Balaban J connectivity index is 1.39. The number of anilines is 1. The average Bonchev–Trinajstić information content (AvgIpc) is 3.25. The number of fused-ring (bicyclic) bond motifs is 1. The lowest BCUT2D eigenvalue weighted by atomic mass is 9.72. The number of carbonyl (C=O) groups excluding carboxylic acids is 1. The van der Waals surface area contributed by atoms with Gasteiger partial charge in [0.05, 0.1) is 5.69 Å². The van der Waals surface area contributed by atoms with E-state index in [1.54, 1.807) is 19.1 Å². The van der Waals surface area contributed by atoms with E-state index in [-0.39, 0.29) is 12.6 Å². The third-order valence-electron chi connectivity index (χ3n) is 6.98. The number of hydrogen-bond donors (Lipinski definition) is 3. The van der Waals surface area contributed by atoms with E-state index in [4.69, 9.17) is 15.2 Å². The molecule has 4 atom stereocenters. The number of ether oxygens (including phenoxy) is 2. The lowest BCUT2D eigenvalue weighted by molar-refractivity contribution is -0.153. The normalized spacial score (nSPS) is 31.2. The van der Waals surface area contributed by atoms with Gasteiger partial charge in [-0.2, -0.15) is 5.10 Å². The van der Waals surface area contributed by atoms with Gasteiger partial charge in [0.25, 0.3) is 0 Å². The van der Waals surface area contributed by atoms with Crippen LogP contribution in [0.3, 0.4) is 0 Å². The lowest BCUT2D eigenvalue weighted by Gasteiger charge is -2.33. The summed E-state index contributed by atoms with van der Waals surface area (Å²) in [6, 6.07) is 3.46. The van der Waals surface area contributed by atoms with Gasteiger partial charge in [-0.15, -0.1) is 0 Å². The molecule has 0 spiro atoms. The minimum Gasteiger partial charge on any atom is -0.463 e. The van der Waals surface area contributed by atoms with Gasteiger partial charge in [0.1, 0.15) is 42.4 Å². The van der Waals surface area contributed by atoms with Crippen LogP contribution >= 0.6 is 0 Å². The van der Waals surface area contributed by atoms with Crippen LogP contribution in [0.5, 0.6) is 0 Å². The Bertz CT molecular complexity index is 951. The molecule has 0 amide bonds. The zero-order chi connectivity index (χ0) is 22.4. The second kappa shape index (κ2) is 8.03. The number of nitrogens with two attached hydrogens (primary N) is 1. The summed E-state index contributed by atoms with van der Waals surface area (Å²) in [5, 5.41) is 25.5. The first-order chi connectivity index (χ1) is 14.6. The number of hydrogen-bond acceptors (Lipinski definition) is 8. The van der Waals surface area contributed by atoms with Gasteiger partial charge in [-0.1, -0.05) is 13.8 Å². The van der Waals surface area contributed by atoms with Crippen molar-refractivity contribution in [3.05, 3.63) is 24.2 Å². The van der Waals surface area contributed by atoms with Crippen LogP contribution in [0.4, 0.5) is 5.82 Å². The summed E-state index contributed by atoms with van der Waals surface area (Å²) in [5.41, 5.74) is 6.10. The van der Waals surface area contributed by atoms with Gasteiger partial charge < -0.3 is 25.4 Å². The van der Waals surface area contributed by atoms with Crippen molar-refractivity contribution in [2.75, 3.05) is 12.3 Å². The molecule has 0 unspecified atom stereocenters. The van der Waals surface area contributed by atoms with Gasteiger partial charge in [0.2, 0.25) is 0 Å². The fourth-order valence-electron chi connectivity index (χ4n) is 4.79. The largest absolute Gasteiger partial charge is 0.463 e. The maximum absolute atomic E-state index is 12.4. The molecule has 0 bridgehead atoms. The van der Waals surface area contributed by atoms with E-state index in [2.05, 4.69) is 23.9 Å². The van der Waals surface area contributed by atoms with E-state index >= 15 is 0 Å². The summed E-state index contributed by atoms with van der Waals surface area (Å²) in [5.74, 6) is 0.342. The highest BCUT2D eigenvalue weighted by atomic mass is 16.6. The third-order valence-corrected chi connectivity index (χ3v) is 6.98. The number of esters is 1. The van der Waals surface area contributed by atoms with Crippen LogP contribution in [0.25, 0.3) is 5.52 Å². The summed E-state index contributed by atoms with van der Waals surface area (Å²) < 4.78 is 13.0. The molecule has 9 heteroatoms. The van der Waals surface area contributed by atoms with E-state index in [9.17, 15) is 15.0 Å². The van der Waals surface area contributed by atoms with Crippen LogP contribution in [0.15, 0.2) is 18.5 Å². The van der Waals surface area contributed by atoms with E-state index in [1.165, 1.54) is 10.8 Å². The Morgan fingerprint density at radius 3 is 2.71 bits per heavy atom. The average molecular weight is 433 g/mol. The summed E-state index contributed by atoms with van der Waals surface area (Å²) in [4.78, 5) is 16.3. The summed E-state index contributed by atoms with van der Waals surface area (Å²) in [7, 11) is 0. The second-order valence-corrected chi connectivity index (χ2v) is 9.85. The minimum atomic E-state index is -1.25. The molecule has 3 heterocycles. The van der Waals surface area contributed by atoms with Gasteiger partial charge in [0, 0.05) is 6.42 Å². The maximum Gasteiger partial charge on any atom is 0.306 e. The number of aromatic nitrogens is 3. The van der Waals surface area contributed by atoms with Crippen LogP contribution in [0.1, 0.15) is 58.6 Å². The van der Waals surface area contributed by atoms with Crippen molar-refractivity contribution < 1.29 is 24.5 Å². The molecular weight excluding hydrogens is 400 g/mol. The molecule has 0 radical (unpaired) electrons. The highest BCUT2D eigenvalue weighted by molar-refractivity contribution is 5.69. The predicted octanol–water partition coefficient (Wildman–Crippen LogP) is 1.80. The summed E-state index contributed by atoms with van der Waals surface area (Å²) >= 11 is 0. The molecule has 2 aromatic rings. The highest BCUT2D eigenvalue weighted by Crippen LogP contribution is 2.41. The molecule has 31 heavy (non-hydrogen) atoms. The molecular formula is C22H32N4O5. The first kappa shape index (κ1) is 22.0. The Hall–Kier alpha value is -2.23. The molecule has 0 aromatic carbocycles. The standard InChI is InChI=1S/C22H32N4O5/c1-21(2)8-6-13(7-9-21)10-17(27)30-11-15-18(28)19(29)22(3,31-15)16-5-4-14-20(23)24-12-25-26(14)16/h4-5,12-13,15,18-19,28-29H,6-11H2,1-3H3,(H2,23,24,25)/t15-,18-,19-,22+/m1/s1. The van der Waals surface area contributed by atoms with Crippen molar-refractivity contribution >= 4 is 17.3 Å². The van der Waals surface area contributed by atoms with Crippen molar-refractivity contribution in [2.24, 2.45) is 11.3 Å². The fraction of sp³-hybridized carbons (Fsp3) is 0.682. The van der Waals surface area contributed by atoms with E-state index in [0.29, 0.717) is 34.8 Å². The number of aliphatic hydroxyl groups excluding tert-OH is 2. The van der Waals surface area contributed by atoms with Gasteiger partial charge in [-0.25, -0.2) is 9.50 Å². The first-order valence-corrected chi connectivity index (χ1v) is 10.9. The van der Waals surface area contributed by atoms with Crippen molar-refractivity contribution in [3.8, 4) is 0 Å². The molecule has 2 aliphatic rings. The number of nitrogen functional groups attached to an aromatic ring is 1. The maximum atomic E-state index is 12.4. The van der Waals surface area contributed by atoms with Gasteiger partial charge in [0.15, 0.2) is 5.82 Å². The van der Waals surface area contributed by atoms with E-state index in [0.717, 1.165) is 25.7 Å². The van der Waals surface area contributed by atoms with Crippen molar-refractivity contribution in [1.82, 2.24) is 14.6 Å². The quantitative estimate of drug-likeness (QED) is 0.609. The smallest absolute Gasteiger partial charge is 0.306 e. The van der Waals surface area contributed by atoms with Crippen molar-refractivity contribution in [1.29, 1.82) is 0 Å². The second-order valence-electron chi connectivity index (χ2n) is 9.85. The number of nitrogens with zero attached hydrogens (tertiary/aromatic N) is 3. The molecule has 2 aromatic heterocycles. The number of rotatable bonds is 5. The molecule has 4 rings (SSSR count). The number of carbonyl (C=O) groups is 1. The molecule has 4 N–H and O–H groups in total. The number of aliphatic hydroxyl groups is 2. The van der Waals surface area contributed by atoms with E-state index < -0.39 is 23.9 Å². The molecule has 170 valence electrons. The zero-order valence-corrected chi connectivity index (χ0v) is 18.3. The van der Waals surface area contributed by atoms with Crippen LogP contribution in [-0.2, 0) is 19.9 Å². The third kappa shape index (κ3) is 4.14. The van der Waals surface area contributed by atoms with Crippen molar-refractivity contribution in [2.45, 2.75) is 76.8 Å². The van der Waals surface area contributed by atoms with Gasteiger partial charge in [-0.3, -0.25) is 4.79 Å². The fourth-order valence-corrected chi connectivity index (χ4v) is 4.79. The Kier molecular flexibility index (Phi) is 5.70. The molecule has 1 aliphatic carbocycles. The van der Waals surface area contributed by atoms with Crippen LogP contribution < -0.4 is 5.73 Å². The zero-order valence-electron chi connectivity index (χ0n) is 18.3. The molecule has 1 aliphatic heterocycles. The minimum absolute atomic E-state index is 0.120. The summed E-state index contributed by atoms with van der Waals surface area (Å²) in [6.07, 6.45) is 2.67. The summed E-state index contributed by atoms with van der Waals surface area (Å²) in [6.45, 7) is 6.08. The Morgan fingerprint density at radius 2 is 2.00 bits per heavy atom. The topological polar surface area (TPSA) is 132 Å². The van der Waals surface area contributed by atoms with Gasteiger partial charge in [-0.05, 0) is 56.1 Å². The first-order valence-electron chi connectivity index (χ1n) is 10.9. The molecule has 1 saturated heterocycles. The van der Waals surface area contributed by atoms with Crippen LogP contribution in [0, 0.1) is 11.3 Å². The SMILES string of the molecule is CC1(C)CCC(CC(=O)OC[C@H]2O[C@@](C)(c3ccc4c(N)ncnn34)[C@H](O)[C@@H]2O)CC1. The molecule has 1 saturated carbocycles. The van der Waals surface area contributed by atoms with Gasteiger partial charge >= 0.3 is 5.97 Å². The molecule has 9 nitrogen and oxygen atoms in total. The van der Waals surface area contributed by atoms with Crippen LogP contribution in [-0.4, -0.2) is 55.7 Å². The van der Waals surface area contributed by atoms with Crippen LogP contribution in [0.2, 0.25) is 0 Å². The molecule has 2 fully saturated rings. The monoisotopic (exact) mass is 432 g/mol. The predicted molar refractivity (Wildman–Crippen MR) is 113 cm³/mol.